The zero-order valence-corrected chi connectivity index (χ0v) is 14.7. The van der Waals surface area contributed by atoms with Gasteiger partial charge < -0.3 is 14.6 Å². The summed E-state index contributed by atoms with van der Waals surface area (Å²) in [5.41, 5.74) is 0.256. The second-order valence-electron chi connectivity index (χ2n) is 7.30. The van der Waals surface area contributed by atoms with Crippen molar-refractivity contribution in [3.63, 3.8) is 0 Å². The first-order valence-electron chi connectivity index (χ1n) is 8.34. The molecule has 0 amide bonds. The Morgan fingerprint density at radius 1 is 1.28 bits per heavy atom. The average molecular weight is 348 g/mol. The van der Waals surface area contributed by atoms with Gasteiger partial charge in [0.25, 0.3) is 0 Å². The summed E-state index contributed by atoms with van der Waals surface area (Å²) in [6.45, 7) is 5.44. The molecule has 6 nitrogen and oxygen atoms in total. The standard InChI is InChI=1S/C19H24O6/c1-19(2,3)18(23)24-10-9-13(12-7-5-4-6-8-12)16-14(17(21)22)11-15(20)25-16/h4-8,13-14,16H,9-11H2,1-3H3,(H,21,22)/t13-,14-,16+/m1/s1. The van der Waals surface area contributed by atoms with Crippen molar-refractivity contribution in [3.8, 4) is 0 Å². The van der Waals surface area contributed by atoms with Gasteiger partial charge in [0, 0.05) is 5.92 Å². The van der Waals surface area contributed by atoms with Crippen molar-refractivity contribution in [2.75, 3.05) is 6.61 Å². The van der Waals surface area contributed by atoms with E-state index in [1.165, 1.54) is 0 Å². The third kappa shape index (κ3) is 4.81. The first kappa shape index (κ1) is 19.0. The normalized spacial score (nSPS) is 21.5. The summed E-state index contributed by atoms with van der Waals surface area (Å²) < 4.78 is 10.6. The van der Waals surface area contributed by atoms with Gasteiger partial charge in [0.15, 0.2) is 0 Å². The first-order chi connectivity index (χ1) is 11.7. The van der Waals surface area contributed by atoms with Crippen molar-refractivity contribution in [1.82, 2.24) is 0 Å². The van der Waals surface area contributed by atoms with Gasteiger partial charge in [0.1, 0.15) is 12.0 Å². The Hall–Kier alpha value is -2.37. The van der Waals surface area contributed by atoms with Crippen LogP contribution < -0.4 is 0 Å². The molecule has 1 heterocycles. The average Bonchev–Trinajstić information content (AvgIpc) is 2.93. The molecule has 136 valence electrons. The Balaban J connectivity index is 2.16. The highest BCUT2D eigenvalue weighted by molar-refractivity contribution is 5.82. The molecule has 0 saturated carbocycles. The minimum absolute atomic E-state index is 0.134. The Morgan fingerprint density at radius 3 is 2.48 bits per heavy atom. The van der Waals surface area contributed by atoms with Crippen molar-refractivity contribution in [1.29, 1.82) is 0 Å². The van der Waals surface area contributed by atoms with E-state index in [0.717, 1.165) is 5.56 Å². The van der Waals surface area contributed by atoms with E-state index in [0.29, 0.717) is 6.42 Å². The molecule has 1 saturated heterocycles. The molecule has 0 bridgehead atoms. The van der Waals surface area contributed by atoms with Crippen LogP contribution in [-0.2, 0) is 23.9 Å². The molecule has 1 aromatic rings. The number of aliphatic carboxylic acids is 1. The molecule has 1 aliphatic heterocycles. The van der Waals surface area contributed by atoms with Crippen LogP contribution in [0.2, 0.25) is 0 Å². The van der Waals surface area contributed by atoms with Gasteiger partial charge in [-0.15, -0.1) is 0 Å². The molecule has 25 heavy (non-hydrogen) atoms. The van der Waals surface area contributed by atoms with Gasteiger partial charge in [-0.1, -0.05) is 30.3 Å². The quantitative estimate of drug-likeness (QED) is 0.795. The minimum atomic E-state index is -1.05. The van der Waals surface area contributed by atoms with Crippen molar-refractivity contribution in [3.05, 3.63) is 35.9 Å². The number of rotatable bonds is 6. The van der Waals surface area contributed by atoms with Crippen LogP contribution in [0.1, 0.15) is 45.1 Å². The molecular weight excluding hydrogens is 324 g/mol. The van der Waals surface area contributed by atoms with E-state index >= 15 is 0 Å². The van der Waals surface area contributed by atoms with E-state index in [-0.39, 0.29) is 24.9 Å². The third-order valence-electron chi connectivity index (χ3n) is 4.27. The molecule has 0 radical (unpaired) electrons. The van der Waals surface area contributed by atoms with Gasteiger partial charge in [-0.05, 0) is 32.8 Å². The Bertz CT molecular complexity index is 631. The summed E-state index contributed by atoms with van der Waals surface area (Å²) in [5.74, 6) is -3.12. The molecule has 1 aliphatic rings. The lowest BCUT2D eigenvalue weighted by Gasteiger charge is -2.26. The molecule has 0 unspecified atom stereocenters. The Morgan fingerprint density at radius 2 is 1.92 bits per heavy atom. The lowest BCUT2D eigenvalue weighted by molar-refractivity contribution is -0.154. The molecule has 1 fully saturated rings. The molecule has 1 aromatic carbocycles. The highest BCUT2D eigenvalue weighted by Crippen LogP contribution is 2.36. The molecule has 6 heteroatoms. The summed E-state index contributed by atoms with van der Waals surface area (Å²) in [7, 11) is 0. The van der Waals surface area contributed by atoms with E-state index in [4.69, 9.17) is 9.47 Å². The smallest absolute Gasteiger partial charge is 0.311 e. The number of ether oxygens (including phenoxy) is 2. The van der Waals surface area contributed by atoms with Crippen LogP contribution in [0.15, 0.2) is 30.3 Å². The lowest BCUT2D eigenvalue weighted by atomic mass is 9.83. The van der Waals surface area contributed by atoms with Crippen molar-refractivity contribution in [2.24, 2.45) is 11.3 Å². The number of cyclic esters (lactones) is 1. The molecule has 3 atom stereocenters. The number of esters is 2. The molecule has 2 rings (SSSR count). The summed E-state index contributed by atoms with van der Waals surface area (Å²) in [6.07, 6.45) is -0.515. The summed E-state index contributed by atoms with van der Waals surface area (Å²) in [5, 5.41) is 9.40. The zero-order chi connectivity index (χ0) is 18.6. The number of hydrogen-bond acceptors (Lipinski definition) is 5. The number of carboxylic acid groups (broad SMARTS) is 1. The summed E-state index contributed by atoms with van der Waals surface area (Å²) >= 11 is 0. The number of hydrogen-bond donors (Lipinski definition) is 1. The van der Waals surface area contributed by atoms with E-state index in [9.17, 15) is 19.5 Å². The zero-order valence-electron chi connectivity index (χ0n) is 14.7. The topological polar surface area (TPSA) is 89.9 Å². The van der Waals surface area contributed by atoms with E-state index in [1.54, 1.807) is 20.8 Å². The van der Waals surface area contributed by atoms with Crippen LogP contribution in [0.25, 0.3) is 0 Å². The highest BCUT2D eigenvalue weighted by atomic mass is 16.6. The highest BCUT2D eigenvalue weighted by Gasteiger charge is 2.44. The van der Waals surface area contributed by atoms with Crippen molar-refractivity contribution < 1.29 is 29.0 Å². The van der Waals surface area contributed by atoms with Gasteiger partial charge in [0.05, 0.1) is 18.4 Å². The van der Waals surface area contributed by atoms with E-state index in [2.05, 4.69) is 0 Å². The fourth-order valence-electron chi connectivity index (χ4n) is 2.88. The van der Waals surface area contributed by atoms with Gasteiger partial charge in [0.2, 0.25) is 0 Å². The van der Waals surface area contributed by atoms with Crippen molar-refractivity contribution in [2.45, 2.75) is 45.6 Å². The SMILES string of the molecule is CC(C)(C)C(=O)OCC[C@H](c1ccccc1)[C@@H]1OC(=O)C[C@H]1C(=O)O. The monoisotopic (exact) mass is 348 g/mol. The summed E-state index contributed by atoms with van der Waals surface area (Å²) in [4.78, 5) is 35.1. The Kier molecular flexibility index (Phi) is 5.82. The molecule has 1 N–H and O–H groups in total. The van der Waals surface area contributed by atoms with Crippen molar-refractivity contribution >= 4 is 17.9 Å². The number of carbonyl (C=O) groups is 3. The molecule has 0 aromatic heterocycles. The molecule has 0 spiro atoms. The fourth-order valence-corrected chi connectivity index (χ4v) is 2.88. The van der Waals surface area contributed by atoms with Crippen LogP contribution in [0.4, 0.5) is 0 Å². The maximum absolute atomic E-state index is 11.9. The third-order valence-corrected chi connectivity index (χ3v) is 4.27. The minimum Gasteiger partial charge on any atom is -0.481 e. The first-order valence-corrected chi connectivity index (χ1v) is 8.34. The summed E-state index contributed by atoms with van der Waals surface area (Å²) in [6, 6.07) is 9.27. The van der Waals surface area contributed by atoms with E-state index in [1.807, 2.05) is 30.3 Å². The molecule has 0 aliphatic carbocycles. The van der Waals surface area contributed by atoms with Gasteiger partial charge in [-0.3, -0.25) is 14.4 Å². The lowest BCUT2D eigenvalue weighted by Crippen LogP contribution is -2.31. The fraction of sp³-hybridized carbons (Fsp3) is 0.526. The van der Waals surface area contributed by atoms with Crippen LogP contribution in [0.5, 0.6) is 0 Å². The number of benzene rings is 1. The van der Waals surface area contributed by atoms with E-state index < -0.39 is 29.4 Å². The second-order valence-corrected chi connectivity index (χ2v) is 7.30. The second kappa shape index (κ2) is 7.68. The maximum atomic E-state index is 11.9. The largest absolute Gasteiger partial charge is 0.481 e. The predicted molar refractivity (Wildman–Crippen MR) is 89.8 cm³/mol. The molecular formula is C19H24O6. The van der Waals surface area contributed by atoms with Gasteiger partial charge in [-0.2, -0.15) is 0 Å². The van der Waals surface area contributed by atoms with Gasteiger partial charge in [-0.25, -0.2) is 0 Å². The van der Waals surface area contributed by atoms with Crippen LogP contribution in [0, 0.1) is 11.3 Å². The Labute approximate surface area is 147 Å². The van der Waals surface area contributed by atoms with Gasteiger partial charge >= 0.3 is 17.9 Å². The number of carboxylic acids is 1. The van der Waals surface area contributed by atoms with Crippen LogP contribution in [-0.4, -0.2) is 35.7 Å². The van der Waals surface area contributed by atoms with Crippen LogP contribution >= 0.6 is 0 Å². The maximum Gasteiger partial charge on any atom is 0.311 e. The predicted octanol–water partition coefficient (Wildman–Crippen LogP) is 2.77. The van der Waals surface area contributed by atoms with Crippen LogP contribution in [0.3, 0.4) is 0 Å². The number of carbonyl (C=O) groups excluding carboxylic acids is 2.